The molecule has 0 spiro atoms. The molecule has 4 rings (SSSR count). The molecule has 0 aliphatic heterocycles. The number of anilines is 1. The van der Waals surface area contributed by atoms with Crippen molar-refractivity contribution >= 4 is 56.0 Å². The molecule has 0 radical (unpaired) electrons. The average Bonchev–Trinajstić information content (AvgIpc) is 3.23. The van der Waals surface area contributed by atoms with Gasteiger partial charge in [-0.25, -0.2) is 27.4 Å². The van der Waals surface area contributed by atoms with Gasteiger partial charge in [0.2, 0.25) is 15.9 Å². The van der Waals surface area contributed by atoms with E-state index in [9.17, 15) is 13.2 Å². The van der Waals surface area contributed by atoms with Gasteiger partial charge in [0.1, 0.15) is 11.4 Å². The summed E-state index contributed by atoms with van der Waals surface area (Å²) < 4.78 is 27.1. The Kier molecular flexibility index (Phi) is 6.66. The lowest BCUT2D eigenvalue weighted by Crippen LogP contribution is -2.22. The molecule has 2 aromatic heterocycles. The minimum atomic E-state index is -3.52. The largest absolute Gasteiger partial charge is 0.325 e. The van der Waals surface area contributed by atoms with Gasteiger partial charge in [0.05, 0.1) is 32.9 Å². The minimum Gasteiger partial charge on any atom is -0.325 e. The zero-order valence-electron chi connectivity index (χ0n) is 17.6. The van der Waals surface area contributed by atoms with Crippen LogP contribution in [0.5, 0.6) is 0 Å². The third-order valence-corrected chi connectivity index (χ3v) is 7.82. The van der Waals surface area contributed by atoms with Crippen LogP contribution in [0.15, 0.2) is 71.0 Å². The van der Waals surface area contributed by atoms with E-state index in [0.29, 0.717) is 32.5 Å². The highest BCUT2D eigenvalue weighted by molar-refractivity contribution is 8.00. The number of nitrogens with zero attached hydrogens (tertiary/aromatic N) is 5. The Morgan fingerprint density at radius 3 is 2.55 bits per heavy atom. The van der Waals surface area contributed by atoms with E-state index in [2.05, 4.69) is 20.4 Å². The Hall–Kier alpha value is -2.99. The van der Waals surface area contributed by atoms with E-state index in [1.54, 1.807) is 29.1 Å². The van der Waals surface area contributed by atoms with E-state index in [4.69, 9.17) is 11.6 Å². The predicted molar refractivity (Wildman–Crippen MR) is 128 cm³/mol. The molecule has 2 heterocycles. The van der Waals surface area contributed by atoms with Gasteiger partial charge in [-0.3, -0.25) is 4.79 Å². The van der Waals surface area contributed by atoms with E-state index >= 15 is 0 Å². The van der Waals surface area contributed by atoms with Crippen LogP contribution in [-0.4, -0.2) is 58.2 Å². The summed E-state index contributed by atoms with van der Waals surface area (Å²) in [4.78, 5) is 21.2. The zero-order valence-corrected chi connectivity index (χ0v) is 20.0. The van der Waals surface area contributed by atoms with E-state index in [0.717, 1.165) is 4.31 Å². The smallest absolute Gasteiger partial charge is 0.242 e. The van der Waals surface area contributed by atoms with Crippen molar-refractivity contribution in [1.29, 1.82) is 0 Å². The van der Waals surface area contributed by atoms with Crippen molar-refractivity contribution < 1.29 is 13.2 Å². The first-order valence-corrected chi connectivity index (χ1v) is 12.5. The van der Waals surface area contributed by atoms with Crippen LogP contribution in [0.2, 0.25) is 5.02 Å². The molecule has 2 aromatic carbocycles. The second-order valence-corrected chi connectivity index (χ2v) is 10.6. The number of hydrogen-bond donors (Lipinski definition) is 1. The maximum atomic E-state index is 12.4. The Morgan fingerprint density at radius 1 is 1.12 bits per heavy atom. The van der Waals surface area contributed by atoms with Crippen molar-refractivity contribution in [3.05, 3.63) is 66.1 Å². The summed E-state index contributed by atoms with van der Waals surface area (Å²) in [7, 11) is -0.598. The lowest BCUT2D eigenvalue weighted by Gasteiger charge is -2.12. The van der Waals surface area contributed by atoms with Crippen LogP contribution >= 0.6 is 23.4 Å². The highest BCUT2D eigenvalue weighted by Crippen LogP contribution is 2.28. The van der Waals surface area contributed by atoms with Crippen LogP contribution in [0.4, 0.5) is 5.69 Å². The molecule has 0 bridgehead atoms. The molecule has 170 valence electrons. The van der Waals surface area contributed by atoms with Crippen molar-refractivity contribution in [2.75, 3.05) is 25.2 Å². The number of hydrogen-bond acceptors (Lipinski definition) is 7. The highest BCUT2D eigenvalue weighted by atomic mass is 35.5. The first kappa shape index (κ1) is 23.2. The molecule has 0 atom stereocenters. The van der Waals surface area contributed by atoms with Crippen LogP contribution in [0.25, 0.3) is 16.7 Å². The number of amides is 1. The van der Waals surface area contributed by atoms with Crippen LogP contribution in [0.1, 0.15) is 0 Å². The van der Waals surface area contributed by atoms with E-state index in [-0.39, 0.29) is 16.6 Å². The Morgan fingerprint density at radius 2 is 1.85 bits per heavy atom. The molecule has 33 heavy (non-hydrogen) atoms. The summed E-state index contributed by atoms with van der Waals surface area (Å²) in [6, 6.07) is 13.3. The number of carbonyl (C=O) groups is 1. The molecular formula is C21H19ClN6O3S2. The lowest BCUT2D eigenvalue weighted by atomic mass is 10.3. The van der Waals surface area contributed by atoms with Gasteiger partial charge in [-0.15, -0.1) is 0 Å². The fourth-order valence-electron chi connectivity index (χ4n) is 2.99. The molecule has 4 aromatic rings. The van der Waals surface area contributed by atoms with Crippen molar-refractivity contribution in [3.8, 4) is 5.69 Å². The molecule has 0 saturated heterocycles. The summed E-state index contributed by atoms with van der Waals surface area (Å²) in [5.74, 6) is -0.158. The molecule has 0 fully saturated rings. The van der Waals surface area contributed by atoms with Gasteiger partial charge in [-0.2, -0.15) is 5.10 Å². The maximum absolute atomic E-state index is 12.4. The molecule has 9 nitrogen and oxygen atoms in total. The van der Waals surface area contributed by atoms with Gasteiger partial charge in [-0.1, -0.05) is 35.5 Å². The monoisotopic (exact) mass is 502 g/mol. The number of para-hydroxylation sites is 1. The number of rotatable bonds is 7. The van der Waals surface area contributed by atoms with Crippen LogP contribution in [-0.2, 0) is 14.8 Å². The normalized spacial score (nSPS) is 11.8. The third kappa shape index (κ3) is 4.86. The van der Waals surface area contributed by atoms with Crippen molar-refractivity contribution in [2.45, 2.75) is 9.92 Å². The van der Waals surface area contributed by atoms with E-state index in [1.165, 1.54) is 44.3 Å². The second-order valence-electron chi connectivity index (χ2n) is 7.07. The quantitative estimate of drug-likeness (QED) is 0.304. The van der Waals surface area contributed by atoms with Gasteiger partial charge < -0.3 is 5.32 Å². The summed E-state index contributed by atoms with van der Waals surface area (Å²) in [5.41, 5.74) is 1.78. The predicted octanol–water partition coefficient (Wildman–Crippen LogP) is 3.45. The van der Waals surface area contributed by atoms with E-state index in [1.807, 2.05) is 18.2 Å². The fourth-order valence-corrected chi connectivity index (χ4v) is 4.87. The molecule has 0 aliphatic rings. The highest BCUT2D eigenvalue weighted by Gasteiger charge is 2.17. The average molecular weight is 503 g/mol. The number of aromatic nitrogens is 4. The number of thioether (sulfide) groups is 1. The minimum absolute atomic E-state index is 0.0983. The van der Waals surface area contributed by atoms with E-state index < -0.39 is 10.0 Å². The topological polar surface area (TPSA) is 110 Å². The fraction of sp³-hybridized carbons (Fsp3) is 0.143. The first-order valence-electron chi connectivity index (χ1n) is 9.66. The standard InChI is InChI=1S/C21H19ClN6O3S2/c1-27(2)33(30,31)15-9-7-14(8-10-15)26-19(29)12-32-21-16-11-25-28(20(16)23-13-24-21)18-6-4-3-5-17(18)22/h3-11,13H,12H2,1-2H3,(H,26,29). The van der Waals surface area contributed by atoms with Crippen molar-refractivity contribution in [1.82, 2.24) is 24.1 Å². The number of benzene rings is 2. The summed E-state index contributed by atoms with van der Waals surface area (Å²) >= 11 is 7.54. The number of halogens is 1. The number of sulfonamides is 1. The number of nitrogens with one attached hydrogen (secondary N) is 1. The molecular weight excluding hydrogens is 484 g/mol. The molecule has 0 aliphatic carbocycles. The Balaban J connectivity index is 1.46. The summed E-state index contributed by atoms with van der Waals surface area (Å²) in [6.45, 7) is 0. The molecule has 12 heteroatoms. The van der Waals surface area contributed by atoms with Gasteiger partial charge in [0.25, 0.3) is 0 Å². The van der Waals surface area contributed by atoms with Gasteiger partial charge in [-0.05, 0) is 36.4 Å². The van der Waals surface area contributed by atoms with Crippen LogP contribution in [0.3, 0.4) is 0 Å². The molecule has 1 amide bonds. The van der Waals surface area contributed by atoms with Gasteiger partial charge in [0, 0.05) is 19.8 Å². The SMILES string of the molecule is CN(C)S(=O)(=O)c1ccc(NC(=O)CSc2ncnc3c2cnn3-c2ccccc2Cl)cc1. The number of fused-ring (bicyclic) bond motifs is 1. The second kappa shape index (κ2) is 9.48. The zero-order chi connectivity index (χ0) is 23.6. The summed E-state index contributed by atoms with van der Waals surface area (Å²) in [5, 5.41) is 9.00. The molecule has 0 unspecified atom stereocenters. The summed E-state index contributed by atoms with van der Waals surface area (Å²) in [6.07, 6.45) is 3.06. The van der Waals surface area contributed by atoms with Crippen molar-refractivity contribution in [2.24, 2.45) is 0 Å². The molecule has 0 saturated carbocycles. The Bertz CT molecular complexity index is 1420. The van der Waals surface area contributed by atoms with Crippen molar-refractivity contribution in [3.63, 3.8) is 0 Å². The lowest BCUT2D eigenvalue weighted by molar-refractivity contribution is -0.113. The Labute approximate surface area is 199 Å². The number of carbonyl (C=O) groups excluding carboxylic acids is 1. The molecule has 1 N–H and O–H groups in total. The maximum Gasteiger partial charge on any atom is 0.242 e. The van der Waals surface area contributed by atoms with Crippen LogP contribution < -0.4 is 5.32 Å². The van der Waals surface area contributed by atoms with Gasteiger partial charge in [0.15, 0.2) is 5.65 Å². The third-order valence-electron chi connectivity index (χ3n) is 4.67. The van der Waals surface area contributed by atoms with Crippen LogP contribution in [0, 0.1) is 0 Å². The first-order chi connectivity index (χ1) is 15.8. The van der Waals surface area contributed by atoms with Gasteiger partial charge >= 0.3 is 0 Å².